The fourth-order valence-corrected chi connectivity index (χ4v) is 3.28. The molecule has 0 amide bonds. The Balaban J connectivity index is 0.00000385. The number of benzene rings is 3. The third-order valence-electron chi connectivity index (χ3n) is 4.72. The van der Waals surface area contributed by atoms with E-state index in [-0.39, 0.29) is 19.0 Å². The molecule has 0 spiro atoms. The molecule has 3 aromatic carbocycles. The van der Waals surface area contributed by atoms with E-state index in [0.29, 0.717) is 11.7 Å². The van der Waals surface area contributed by atoms with Crippen molar-refractivity contribution in [2.24, 2.45) is 0 Å². The third-order valence-corrected chi connectivity index (χ3v) is 4.93. The predicted octanol–water partition coefficient (Wildman–Crippen LogP) is 4.50. The van der Waals surface area contributed by atoms with Gasteiger partial charge in [0.15, 0.2) is 5.11 Å². The summed E-state index contributed by atoms with van der Waals surface area (Å²) in [5.74, 6) is 1.49. The minimum atomic E-state index is -0.557. The van der Waals surface area contributed by atoms with Crippen LogP contribution < -0.4 is 25.4 Å². The number of hydrogen-bond donors (Lipinski definition) is 4. The second-order valence-electron chi connectivity index (χ2n) is 7.21. The molecule has 0 aliphatic rings. The summed E-state index contributed by atoms with van der Waals surface area (Å²) in [4.78, 5) is 0. The first kappa shape index (κ1) is 26.4. The number of anilines is 2. The van der Waals surface area contributed by atoms with Crippen molar-refractivity contribution in [3.63, 3.8) is 0 Å². The minimum Gasteiger partial charge on any atom is -0.495 e. The van der Waals surface area contributed by atoms with Crippen LogP contribution >= 0.6 is 24.6 Å². The van der Waals surface area contributed by atoms with Gasteiger partial charge in [-0.2, -0.15) is 0 Å². The van der Waals surface area contributed by atoms with Crippen LogP contribution in [0.25, 0.3) is 0 Å². The van der Waals surface area contributed by atoms with E-state index in [9.17, 15) is 5.11 Å². The molecule has 0 aliphatic carbocycles. The molecule has 0 aromatic heterocycles. The molecule has 3 aromatic rings. The number of aliphatic hydroxyl groups is 1. The largest absolute Gasteiger partial charge is 0.495 e. The maximum Gasteiger partial charge on any atom is 0.175 e. The molecular weight excluding hydrogens is 458 g/mol. The lowest BCUT2D eigenvalue weighted by Crippen LogP contribution is -2.32. The van der Waals surface area contributed by atoms with Gasteiger partial charge < -0.3 is 30.5 Å². The Bertz CT molecular complexity index is 974. The van der Waals surface area contributed by atoms with Crippen LogP contribution in [0.15, 0.2) is 78.9 Å². The van der Waals surface area contributed by atoms with E-state index in [1.165, 1.54) is 5.56 Å². The molecule has 0 saturated heterocycles. The molecule has 8 heteroatoms. The predicted molar refractivity (Wildman–Crippen MR) is 141 cm³/mol. The number of rotatable bonds is 11. The van der Waals surface area contributed by atoms with Gasteiger partial charge in [-0.1, -0.05) is 42.5 Å². The van der Waals surface area contributed by atoms with Crippen LogP contribution in [0, 0.1) is 0 Å². The van der Waals surface area contributed by atoms with E-state index >= 15 is 0 Å². The van der Waals surface area contributed by atoms with Gasteiger partial charge in [-0.25, -0.2) is 0 Å². The Hall–Kier alpha value is -2.84. The Morgan fingerprint density at radius 2 is 1.64 bits per heavy atom. The van der Waals surface area contributed by atoms with Crippen molar-refractivity contribution in [2.75, 3.05) is 37.4 Å². The number of thiocarbonyl (C=S) groups is 1. The van der Waals surface area contributed by atoms with E-state index in [2.05, 4.69) is 28.1 Å². The van der Waals surface area contributed by atoms with Crippen LogP contribution in [0.3, 0.4) is 0 Å². The Morgan fingerprint density at radius 1 is 0.939 bits per heavy atom. The second-order valence-corrected chi connectivity index (χ2v) is 7.62. The Labute approximate surface area is 206 Å². The van der Waals surface area contributed by atoms with Gasteiger partial charge in [-0.3, -0.25) is 0 Å². The van der Waals surface area contributed by atoms with Crippen molar-refractivity contribution in [1.82, 2.24) is 5.32 Å². The summed E-state index contributed by atoms with van der Waals surface area (Å²) in [6.07, 6.45) is 0.301. The summed E-state index contributed by atoms with van der Waals surface area (Å²) in [6, 6.07) is 25.2. The van der Waals surface area contributed by atoms with Crippen molar-refractivity contribution in [3.8, 4) is 11.5 Å². The number of ether oxygens (including phenoxy) is 2. The Morgan fingerprint density at radius 3 is 2.36 bits per heavy atom. The quantitative estimate of drug-likeness (QED) is 0.234. The van der Waals surface area contributed by atoms with Gasteiger partial charge in [0.25, 0.3) is 0 Å². The molecule has 176 valence electrons. The molecule has 0 fully saturated rings. The maximum atomic E-state index is 10.0. The fraction of sp³-hybridized carbons (Fsp3) is 0.240. The zero-order chi connectivity index (χ0) is 22.6. The van der Waals surface area contributed by atoms with Gasteiger partial charge in [0, 0.05) is 12.2 Å². The molecule has 0 heterocycles. The van der Waals surface area contributed by atoms with Crippen molar-refractivity contribution >= 4 is 41.1 Å². The zero-order valence-electron chi connectivity index (χ0n) is 18.5. The molecule has 6 nitrogen and oxygen atoms in total. The molecule has 0 aliphatic heterocycles. The van der Waals surface area contributed by atoms with Crippen LogP contribution in [0.5, 0.6) is 11.5 Å². The molecule has 1 atom stereocenters. The van der Waals surface area contributed by atoms with Crippen LogP contribution in [-0.4, -0.2) is 43.1 Å². The van der Waals surface area contributed by atoms with Crippen molar-refractivity contribution in [1.29, 1.82) is 0 Å². The summed E-state index contributed by atoms with van der Waals surface area (Å²) in [6.45, 7) is 1.51. The first-order valence-electron chi connectivity index (χ1n) is 10.5. The summed E-state index contributed by atoms with van der Waals surface area (Å²) < 4.78 is 10.9. The van der Waals surface area contributed by atoms with Crippen molar-refractivity contribution in [2.45, 2.75) is 12.5 Å². The number of para-hydroxylation sites is 3. The second kappa shape index (κ2) is 14.3. The topological polar surface area (TPSA) is 74.8 Å². The Kier molecular flexibility index (Phi) is 11.5. The van der Waals surface area contributed by atoms with Gasteiger partial charge in [-0.15, -0.1) is 12.4 Å². The SMILES string of the molecule is COc1ccccc1NC(=S)Nc1ccc(CCNC[C@H](O)COc2ccccc2)cc1.Cl. The van der Waals surface area contributed by atoms with Crippen LogP contribution in [0.4, 0.5) is 11.4 Å². The monoisotopic (exact) mass is 487 g/mol. The molecular formula is C25H30ClN3O3S. The van der Waals surface area contributed by atoms with Gasteiger partial charge in [-0.05, 0) is 67.1 Å². The standard InChI is InChI=1S/C25H29N3O3S.ClH/c1-30-24-10-6-5-9-23(24)28-25(32)27-20-13-11-19(12-14-20)15-16-26-17-21(29)18-31-22-7-3-2-4-8-22;/h2-14,21,26,29H,15-18H2,1H3,(H2,27,28,32);1H/t21-;/m0./s1. The van der Waals surface area contributed by atoms with E-state index in [1.807, 2.05) is 66.7 Å². The molecule has 33 heavy (non-hydrogen) atoms. The lowest BCUT2D eigenvalue weighted by atomic mass is 10.1. The molecule has 0 radical (unpaired) electrons. The van der Waals surface area contributed by atoms with Crippen molar-refractivity contribution in [3.05, 3.63) is 84.4 Å². The first-order chi connectivity index (χ1) is 15.6. The highest BCUT2D eigenvalue weighted by Crippen LogP contribution is 2.23. The van der Waals surface area contributed by atoms with Gasteiger partial charge in [0.05, 0.1) is 12.8 Å². The summed E-state index contributed by atoms with van der Waals surface area (Å²) in [7, 11) is 1.63. The van der Waals surface area contributed by atoms with E-state index in [0.717, 1.165) is 35.8 Å². The zero-order valence-corrected chi connectivity index (χ0v) is 20.1. The van der Waals surface area contributed by atoms with E-state index in [4.69, 9.17) is 21.7 Å². The first-order valence-corrected chi connectivity index (χ1v) is 10.9. The highest BCUT2D eigenvalue weighted by atomic mass is 35.5. The van der Waals surface area contributed by atoms with E-state index < -0.39 is 6.10 Å². The smallest absolute Gasteiger partial charge is 0.175 e. The number of methoxy groups -OCH3 is 1. The number of nitrogens with one attached hydrogen (secondary N) is 3. The van der Waals surface area contributed by atoms with Gasteiger partial charge >= 0.3 is 0 Å². The average Bonchev–Trinajstić information content (AvgIpc) is 2.82. The number of aliphatic hydroxyl groups excluding tert-OH is 1. The van der Waals surface area contributed by atoms with Crippen molar-refractivity contribution < 1.29 is 14.6 Å². The van der Waals surface area contributed by atoms with E-state index in [1.54, 1.807) is 7.11 Å². The highest BCUT2D eigenvalue weighted by Gasteiger charge is 2.06. The molecule has 3 rings (SSSR count). The molecule has 4 N–H and O–H groups in total. The third kappa shape index (κ3) is 9.27. The summed E-state index contributed by atoms with van der Waals surface area (Å²) in [5, 5.41) is 20.1. The lowest BCUT2D eigenvalue weighted by Gasteiger charge is -2.14. The summed E-state index contributed by atoms with van der Waals surface area (Å²) >= 11 is 5.40. The van der Waals surface area contributed by atoms with Gasteiger partial charge in [0.2, 0.25) is 0 Å². The molecule has 0 saturated carbocycles. The minimum absolute atomic E-state index is 0. The molecule has 0 bridgehead atoms. The molecule has 0 unspecified atom stereocenters. The number of hydrogen-bond acceptors (Lipinski definition) is 5. The highest BCUT2D eigenvalue weighted by molar-refractivity contribution is 7.80. The normalized spacial score (nSPS) is 11.1. The lowest BCUT2D eigenvalue weighted by molar-refractivity contribution is 0.106. The average molecular weight is 488 g/mol. The van der Waals surface area contributed by atoms with Crippen LogP contribution in [0.1, 0.15) is 5.56 Å². The number of halogens is 1. The fourth-order valence-electron chi connectivity index (χ4n) is 3.06. The van der Waals surface area contributed by atoms with Crippen LogP contribution in [-0.2, 0) is 6.42 Å². The van der Waals surface area contributed by atoms with Crippen LogP contribution in [0.2, 0.25) is 0 Å². The maximum absolute atomic E-state index is 10.0. The summed E-state index contributed by atoms with van der Waals surface area (Å²) in [5.41, 5.74) is 2.91. The van der Waals surface area contributed by atoms with Gasteiger partial charge in [0.1, 0.15) is 24.2 Å².